The number of nitriles is 1. The highest BCUT2D eigenvalue weighted by Crippen LogP contribution is 2.51. The molecule has 2 aromatic carbocycles. The largest absolute Gasteiger partial charge is 0.407 e. The molecular weight excluding hydrogens is 846 g/mol. The first-order valence-electron chi connectivity index (χ1n) is 21.1. The number of imide groups is 1. The molecule has 2 unspecified atom stereocenters. The number of nitrogens with zero attached hydrogens (tertiary/aromatic N) is 6. The van der Waals surface area contributed by atoms with Gasteiger partial charge < -0.3 is 33.2 Å². The van der Waals surface area contributed by atoms with Crippen LogP contribution in [0.1, 0.15) is 92.2 Å². The van der Waals surface area contributed by atoms with Gasteiger partial charge >= 0.3 is 5.69 Å². The number of likely N-dealkylation sites (N-methyl/N-ethyl adjacent to an activating group) is 1. The number of rotatable bonds is 20. The Kier molecular flexibility index (Phi) is 16.7. The first kappa shape index (κ1) is 49.3. The molecule has 0 bridgehead atoms. The molecule has 1 N–H and O–H groups in total. The smallest absolute Gasteiger partial charge is 0.351 e. The van der Waals surface area contributed by atoms with Crippen molar-refractivity contribution >= 4 is 46.3 Å². The fourth-order valence-corrected chi connectivity index (χ4v) is 9.91. The van der Waals surface area contributed by atoms with Crippen LogP contribution in [-0.2, 0) is 27.7 Å². The van der Waals surface area contributed by atoms with Crippen molar-refractivity contribution in [2.45, 2.75) is 110 Å². The third-order valence-electron chi connectivity index (χ3n) is 11.2. The van der Waals surface area contributed by atoms with Crippen LogP contribution in [0.15, 0.2) is 71.7 Å². The SMILES string of the molecule is CC(C)N(C(C)C)P(OCCC#N)O[C@@H]1C(O[Si](C)(C)C(C)(C)C)[C@H](n2ccc(NC(=O)c3ccccc3)nc2=O)O[C@@H]1COCCN(C)C(=O)CN1C(=O)c2ccccc2C1=O. The zero-order chi connectivity index (χ0) is 46.2. The summed E-state index contributed by atoms with van der Waals surface area (Å²) in [6, 6.07) is 18.6. The zero-order valence-corrected chi connectivity index (χ0v) is 39.7. The summed E-state index contributed by atoms with van der Waals surface area (Å²) in [5, 5.41) is 11.8. The molecule has 0 aliphatic carbocycles. The Bertz CT molecular complexity index is 2150. The summed E-state index contributed by atoms with van der Waals surface area (Å²) in [7, 11) is -2.92. The molecule has 19 heteroatoms. The summed E-state index contributed by atoms with van der Waals surface area (Å²) in [4.78, 5) is 72.5. The van der Waals surface area contributed by atoms with E-state index in [0.29, 0.717) is 5.56 Å². The predicted octanol–water partition coefficient (Wildman–Crippen LogP) is 6.22. The molecule has 2 aliphatic rings. The van der Waals surface area contributed by atoms with Crippen LogP contribution < -0.4 is 11.0 Å². The summed E-state index contributed by atoms with van der Waals surface area (Å²) in [6.45, 7) is 18.4. The van der Waals surface area contributed by atoms with E-state index in [9.17, 15) is 29.2 Å². The van der Waals surface area contributed by atoms with Gasteiger partial charge in [-0.25, -0.2) is 9.46 Å². The van der Waals surface area contributed by atoms with Gasteiger partial charge in [0.25, 0.3) is 26.2 Å². The Labute approximate surface area is 371 Å². The van der Waals surface area contributed by atoms with Crippen LogP contribution in [0.5, 0.6) is 0 Å². The first-order valence-corrected chi connectivity index (χ1v) is 25.1. The van der Waals surface area contributed by atoms with Gasteiger partial charge in [0.1, 0.15) is 30.7 Å². The van der Waals surface area contributed by atoms with Gasteiger partial charge in [0, 0.05) is 37.4 Å². The summed E-state index contributed by atoms with van der Waals surface area (Å²) >= 11 is 0. The van der Waals surface area contributed by atoms with E-state index < -0.39 is 77.2 Å². The number of carbonyl (C=O) groups is 4. The minimum Gasteiger partial charge on any atom is -0.407 e. The molecule has 1 saturated heterocycles. The van der Waals surface area contributed by atoms with Crippen molar-refractivity contribution in [2.75, 3.05) is 45.3 Å². The molecule has 0 radical (unpaired) electrons. The normalized spacial score (nSPS) is 19.5. The minimum atomic E-state index is -2.65. The quantitative estimate of drug-likeness (QED) is 0.0582. The van der Waals surface area contributed by atoms with Gasteiger partial charge in [-0.1, -0.05) is 51.1 Å². The molecule has 4 amide bonds. The van der Waals surface area contributed by atoms with E-state index in [4.69, 9.17) is 22.9 Å². The molecule has 1 fully saturated rings. The van der Waals surface area contributed by atoms with Gasteiger partial charge in [0.05, 0.1) is 43.4 Å². The molecule has 0 saturated carbocycles. The van der Waals surface area contributed by atoms with Crippen LogP contribution >= 0.6 is 8.53 Å². The Morgan fingerprint density at radius 1 is 0.952 bits per heavy atom. The van der Waals surface area contributed by atoms with E-state index in [1.807, 2.05) is 27.7 Å². The van der Waals surface area contributed by atoms with Crippen LogP contribution in [0.25, 0.3) is 0 Å². The van der Waals surface area contributed by atoms with E-state index in [1.165, 1.54) is 21.7 Å². The van der Waals surface area contributed by atoms with Crippen molar-refractivity contribution in [1.29, 1.82) is 5.26 Å². The molecule has 17 nitrogen and oxygen atoms in total. The minimum absolute atomic E-state index is 0.0235. The summed E-state index contributed by atoms with van der Waals surface area (Å²) < 4.78 is 36.8. The van der Waals surface area contributed by atoms with E-state index in [2.05, 4.69) is 54.9 Å². The fourth-order valence-electron chi connectivity index (χ4n) is 6.85. The third-order valence-corrected chi connectivity index (χ3v) is 17.8. The number of hydrogen-bond donors (Lipinski definition) is 1. The Morgan fingerprint density at radius 2 is 1.57 bits per heavy atom. The Balaban J connectivity index is 1.42. The lowest BCUT2D eigenvalue weighted by Gasteiger charge is -2.42. The molecule has 1 aromatic heterocycles. The van der Waals surface area contributed by atoms with Crippen molar-refractivity contribution < 1.29 is 42.1 Å². The number of anilines is 1. The third kappa shape index (κ3) is 11.9. The van der Waals surface area contributed by atoms with Crippen molar-refractivity contribution in [1.82, 2.24) is 24.0 Å². The van der Waals surface area contributed by atoms with Crippen LogP contribution in [0.3, 0.4) is 0 Å². The number of fused-ring (bicyclic) bond motifs is 1. The highest BCUT2D eigenvalue weighted by molar-refractivity contribution is 7.44. The maximum Gasteiger partial charge on any atom is 0.351 e. The van der Waals surface area contributed by atoms with Gasteiger partial charge in [-0.15, -0.1) is 0 Å². The second-order valence-corrected chi connectivity index (χ2v) is 23.6. The van der Waals surface area contributed by atoms with Gasteiger partial charge in [-0.2, -0.15) is 10.2 Å². The van der Waals surface area contributed by atoms with Gasteiger partial charge in [0.2, 0.25) is 5.91 Å². The maximum absolute atomic E-state index is 13.9. The van der Waals surface area contributed by atoms with Crippen LogP contribution in [0, 0.1) is 11.3 Å². The van der Waals surface area contributed by atoms with Crippen molar-refractivity contribution in [3.63, 3.8) is 0 Å². The highest BCUT2D eigenvalue weighted by Gasteiger charge is 2.53. The number of carbonyl (C=O) groups excluding carboxylic acids is 4. The summed E-state index contributed by atoms with van der Waals surface area (Å²) in [5.74, 6) is -1.87. The van der Waals surface area contributed by atoms with Crippen molar-refractivity contribution in [3.05, 3.63) is 94.0 Å². The molecular formula is C44H60N7O10PSi. The average Bonchev–Trinajstić information content (AvgIpc) is 3.67. The Hall–Kier alpha value is -4.70. The second kappa shape index (κ2) is 21.3. The average molecular weight is 906 g/mol. The van der Waals surface area contributed by atoms with E-state index in [-0.39, 0.29) is 66.9 Å². The Morgan fingerprint density at radius 3 is 2.14 bits per heavy atom. The lowest BCUT2D eigenvalue weighted by atomic mass is 10.1. The second-order valence-electron chi connectivity index (χ2n) is 17.5. The topological polar surface area (TPSA) is 195 Å². The number of hydrogen-bond acceptors (Lipinski definition) is 13. The van der Waals surface area contributed by atoms with Crippen LogP contribution in [0.2, 0.25) is 18.1 Å². The summed E-state index contributed by atoms with van der Waals surface area (Å²) in [6.07, 6.45) is -2.05. The molecule has 63 heavy (non-hydrogen) atoms. The van der Waals surface area contributed by atoms with E-state index in [0.717, 1.165) is 4.90 Å². The molecule has 3 heterocycles. The number of ether oxygens (including phenoxy) is 2. The number of amides is 4. The van der Waals surface area contributed by atoms with E-state index >= 15 is 0 Å². The first-order chi connectivity index (χ1) is 29.7. The molecule has 5 atom stereocenters. The zero-order valence-electron chi connectivity index (χ0n) is 37.8. The fraction of sp³-hybridized carbons (Fsp3) is 0.523. The van der Waals surface area contributed by atoms with Crippen LogP contribution in [-0.4, -0.2) is 126 Å². The standard InChI is InChI=1S/C44H60N7O10PSi/c1-29(2)51(30(3)4)62(58-25-16-22-45)60-37-34(28-57-26-24-48(8)36(52)27-50-40(54)32-19-14-15-20-33(32)41(50)55)59-42(38(37)61-63(9,10)44(5,6)7)49-23-21-35(47-43(49)56)46-39(53)31-17-12-11-13-18-31/h11-15,17-21,23,29-30,34,37-38,42H,16,24-28H2,1-10H3,(H,46,47,53,56)/t34-,37+,38?,42-,62?/m1/s1. The predicted molar refractivity (Wildman–Crippen MR) is 239 cm³/mol. The van der Waals surface area contributed by atoms with Crippen molar-refractivity contribution in [3.8, 4) is 6.07 Å². The molecule has 340 valence electrons. The summed E-state index contributed by atoms with van der Waals surface area (Å²) in [5.41, 5.74) is 0.219. The van der Waals surface area contributed by atoms with Gasteiger partial charge in [-0.05, 0) is 76.2 Å². The molecule has 2 aliphatic heterocycles. The number of benzene rings is 2. The van der Waals surface area contributed by atoms with E-state index in [1.54, 1.807) is 61.6 Å². The molecule has 0 spiro atoms. The van der Waals surface area contributed by atoms with Crippen molar-refractivity contribution in [2.24, 2.45) is 0 Å². The highest BCUT2D eigenvalue weighted by atomic mass is 31.2. The van der Waals surface area contributed by atoms with Crippen LogP contribution in [0.4, 0.5) is 5.82 Å². The molecule has 5 rings (SSSR count). The maximum atomic E-state index is 13.9. The lowest BCUT2D eigenvalue weighted by molar-refractivity contribution is -0.131. The lowest BCUT2D eigenvalue weighted by Crippen LogP contribution is -2.50. The number of nitrogens with one attached hydrogen (secondary N) is 1. The monoisotopic (exact) mass is 905 g/mol. The van der Waals surface area contributed by atoms with Gasteiger partial charge in [0.15, 0.2) is 14.5 Å². The van der Waals surface area contributed by atoms with Gasteiger partial charge in [-0.3, -0.25) is 28.6 Å². The number of aromatic nitrogens is 2. The molecule has 3 aromatic rings.